The van der Waals surface area contributed by atoms with Crippen molar-refractivity contribution < 1.29 is 13.9 Å². The van der Waals surface area contributed by atoms with Gasteiger partial charge in [-0.1, -0.05) is 6.92 Å². The third kappa shape index (κ3) is 2.36. The number of amides is 1. The quantitative estimate of drug-likeness (QED) is 0.860. The van der Waals surface area contributed by atoms with Gasteiger partial charge in [-0.2, -0.15) is 0 Å². The molecule has 0 radical (unpaired) electrons. The number of aryl methyl sites for hydroxylation is 1. The molecule has 0 unspecified atom stereocenters. The maximum atomic E-state index is 12.9. The van der Waals surface area contributed by atoms with Crippen LogP contribution >= 0.6 is 0 Å². The number of fused-ring (bicyclic) bond motifs is 2. The minimum Gasteiger partial charge on any atom is -0.360 e. The third-order valence-electron chi connectivity index (χ3n) is 4.49. The number of likely N-dealkylation sites (tertiary alicyclic amines) is 1. The predicted molar refractivity (Wildman–Crippen MR) is 82.6 cm³/mol. The Morgan fingerprint density at radius 3 is 2.88 bits per heavy atom. The first-order valence-corrected chi connectivity index (χ1v) is 8.01. The highest BCUT2D eigenvalue weighted by Gasteiger charge is 2.52. The molecule has 0 atom stereocenters. The molecule has 6 nitrogen and oxygen atoms in total. The van der Waals surface area contributed by atoms with Gasteiger partial charge < -0.3 is 9.64 Å². The Morgan fingerprint density at radius 2 is 2.17 bits per heavy atom. The van der Waals surface area contributed by atoms with Gasteiger partial charge in [-0.05, 0) is 18.6 Å². The fraction of sp³-hybridized carbons (Fsp3) is 0.412. The van der Waals surface area contributed by atoms with Crippen LogP contribution < -0.4 is 0 Å². The van der Waals surface area contributed by atoms with Crippen LogP contribution in [0.2, 0.25) is 0 Å². The summed E-state index contributed by atoms with van der Waals surface area (Å²) in [6.07, 6.45) is 4.73. The van der Waals surface area contributed by atoms with Crippen LogP contribution in [0.5, 0.6) is 0 Å². The zero-order chi connectivity index (χ0) is 16.7. The lowest BCUT2D eigenvalue weighted by atomic mass is 9.87. The van der Waals surface area contributed by atoms with E-state index < -0.39 is 11.4 Å². The van der Waals surface area contributed by atoms with Gasteiger partial charge in [0.15, 0.2) is 0 Å². The number of aromatic nitrogens is 3. The van der Waals surface area contributed by atoms with Gasteiger partial charge >= 0.3 is 0 Å². The molecule has 0 bridgehead atoms. The Kier molecular flexibility index (Phi) is 3.53. The zero-order valence-electron chi connectivity index (χ0n) is 13.3. The van der Waals surface area contributed by atoms with E-state index in [9.17, 15) is 9.18 Å². The van der Waals surface area contributed by atoms with Crippen LogP contribution in [0.1, 0.15) is 40.9 Å². The summed E-state index contributed by atoms with van der Waals surface area (Å²) < 4.78 is 18.9. The van der Waals surface area contributed by atoms with Crippen molar-refractivity contribution in [3.05, 3.63) is 53.1 Å². The summed E-state index contributed by atoms with van der Waals surface area (Å²) in [4.78, 5) is 26.8. The Bertz CT molecular complexity index is 788. The van der Waals surface area contributed by atoms with Crippen molar-refractivity contribution in [2.24, 2.45) is 0 Å². The first kappa shape index (κ1) is 15.1. The van der Waals surface area contributed by atoms with Crippen molar-refractivity contribution in [2.75, 3.05) is 13.1 Å². The topological polar surface area (TPSA) is 68.2 Å². The summed E-state index contributed by atoms with van der Waals surface area (Å²) in [5.41, 5.74) is 1.62. The molecule has 2 aliphatic heterocycles. The summed E-state index contributed by atoms with van der Waals surface area (Å²) >= 11 is 0. The van der Waals surface area contributed by atoms with Gasteiger partial charge in [0.05, 0.1) is 31.6 Å². The van der Waals surface area contributed by atoms with E-state index in [1.807, 2.05) is 6.20 Å². The maximum Gasteiger partial charge on any atom is 0.272 e. The number of hydrogen-bond acceptors (Lipinski definition) is 5. The SMILES string of the molecule is CCCc1ncc2c(n1)COC21CN(C(=O)c2ccc(F)cn2)C1. The molecule has 2 aromatic rings. The van der Waals surface area contributed by atoms with Crippen LogP contribution in [0.15, 0.2) is 24.5 Å². The monoisotopic (exact) mass is 328 g/mol. The molecule has 1 fully saturated rings. The van der Waals surface area contributed by atoms with Crippen LogP contribution in [-0.2, 0) is 23.4 Å². The minimum atomic E-state index is -0.504. The lowest BCUT2D eigenvalue weighted by Crippen LogP contribution is -2.61. The molecule has 1 amide bonds. The maximum absolute atomic E-state index is 12.9. The molecular weight excluding hydrogens is 311 g/mol. The molecule has 1 spiro atoms. The summed E-state index contributed by atoms with van der Waals surface area (Å²) in [5, 5.41) is 0. The molecule has 1 saturated heterocycles. The molecular formula is C17H17FN4O2. The third-order valence-corrected chi connectivity index (χ3v) is 4.49. The van der Waals surface area contributed by atoms with E-state index in [0.29, 0.717) is 19.7 Å². The normalized spacial score (nSPS) is 17.7. The number of nitrogens with zero attached hydrogens (tertiary/aromatic N) is 4. The van der Waals surface area contributed by atoms with Crippen LogP contribution in [-0.4, -0.2) is 38.8 Å². The van der Waals surface area contributed by atoms with E-state index in [1.165, 1.54) is 12.1 Å². The molecule has 4 heterocycles. The molecule has 0 N–H and O–H groups in total. The van der Waals surface area contributed by atoms with Crippen LogP contribution in [0.25, 0.3) is 0 Å². The molecule has 0 aromatic carbocycles. The van der Waals surface area contributed by atoms with E-state index in [1.54, 1.807) is 4.90 Å². The smallest absolute Gasteiger partial charge is 0.272 e. The molecule has 2 aromatic heterocycles. The summed E-state index contributed by atoms with van der Waals surface area (Å²) in [6.45, 7) is 3.42. The lowest BCUT2D eigenvalue weighted by Gasteiger charge is -2.47. The van der Waals surface area contributed by atoms with Gasteiger partial charge in [-0.25, -0.2) is 19.3 Å². The van der Waals surface area contributed by atoms with Crippen molar-refractivity contribution >= 4 is 5.91 Å². The molecule has 0 saturated carbocycles. The predicted octanol–water partition coefficient (Wildman–Crippen LogP) is 1.84. The summed E-state index contributed by atoms with van der Waals surface area (Å²) in [6, 6.07) is 2.63. The molecule has 24 heavy (non-hydrogen) atoms. The van der Waals surface area contributed by atoms with Crippen LogP contribution in [0.4, 0.5) is 4.39 Å². The average Bonchev–Trinajstić information content (AvgIpc) is 2.93. The molecule has 2 aliphatic rings. The van der Waals surface area contributed by atoms with Gasteiger partial charge in [-0.3, -0.25) is 4.79 Å². The van der Waals surface area contributed by atoms with Gasteiger partial charge in [0.1, 0.15) is 22.9 Å². The molecule has 124 valence electrons. The Hall–Kier alpha value is -2.41. The van der Waals surface area contributed by atoms with Crippen LogP contribution in [0.3, 0.4) is 0 Å². The van der Waals surface area contributed by atoms with Gasteiger partial charge in [0.2, 0.25) is 0 Å². The average molecular weight is 328 g/mol. The summed E-state index contributed by atoms with van der Waals surface area (Å²) in [5.74, 6) is 0.153. The minimum absolute atomic E-state index is 0.221. The van der Waals surface area contributed by atoms with Crippen molar-refractivity contribution in [2.45, 2.75) is 32.0 Å². The number of hydrogen-bond donors (Lipinski definition) is 0. The molecule has 4 rings (SSSR count). The Morgan fingerprint density at radius 1 is 1.33 bits per heavy atom. The van der Waals surface area contributed by atoms with Crippen LogP contribution in [0, 0.1) is 5.82 Å². The Labute approximate surface area is 138 Å². The second-order valence-corrected chi connectivity index (χ2v) is 6.20. The van der Waals surface area contributed by atoms with Crippen molar-refractivity contribution in [1.82, 2.24) is 19.9 Å². The molecule has 0 aliphatic carbocycles. The fourth-order valence-electron chi connectivity index (χ4n) is 3.22. The highest BCUT2D eigenvalue weighted by atomic mass is 19.1. The first-order valence-electron chi connectivity index (χ1n) is 8.01. The largest absolute Gasteiger partial charge is 0.360 e. The summed E-state index contributed by atoms with van der Waals surface area (Å²) in [7, 11) is 0. The second kappa shape index (κ2) is 5.59. The Balaban J connectivity index is 1.50. The van der Waals surface area contributed by atoms with Crippen molar-refractivity contribution in [3.8, 4) is 0 Å². The lowest BCUT2D eigenvalue weighted by molar-refractivity contribution is -0.126. The van der Waals surface area contributed by atoms with E-state index in [2.05, 4.69) is 21.9 Å². The number of ether oxygens (including phenoxy) is 1. The zero-order valence-corrected chi connectivity index (χ0v) is 13.3. The number of rotatable bonds is 3. The van der Waals surface area contributed by atoms with E-state index in [-0.39, 0.29) is 11.6 Å². The van der Waals surface area contributed by atoms with E-state index in [4.69, 9.17) is 4.74 Å². The van der Waals surface area contributed by atoms with E-state index >= 15 is 0 Å². The highest BCUT2D eigenvalue weighted by Crippen LogP contribution is 2.42. The van der Waals surface area contributed by atoms with Crippen molar-refractivity contribution in [3.63, 3.8) is 0 Å². The van der Waals surface area contributed by atoms with Crippen molar-refractivity contribution in [1.29, 1.82) is 0 Å². The fourth-order valence-corrected chi connectivity index (χ4v) is 3.22. The van der Waals surface area contributed by atoms with Gasteiger partial charge in [0, 0.05) is 18.2 Å². The number of halogens is 1. The highest BCUT2D eigenvalue weighted by molar-refractivity contribution is 5.93. The standard InChI is InChI=1S/C17H17FN4O2/c1-2-3-15-20-7-12-14(21-15)8-24-17(12)9-22(10-17)16(23)13-5-4-11(18)6-19-13/h4-7H,2-3,8-10H2,1H3. The van der Waals surface area contributed by atoms with Gasteiger partial charge in [0.25, 0.3) is 5.91 Å². The number of pyridine rings is 1. The van der Waals surface area contributed by atoms with E-state index in [0.717, 1.165) is 36.1 Å². The first-order chi connectivity index (χ1) is 11.6. The molecule has 7 heteroatoms. The van der Waals surface area contributed by atoms with Gasteiger partial charge in [-0.15, -0.1) is 0 Å². The second-order valence-electron chi connectivity index (χ2n) is 6.20. The number of carbonyl (C=O) groups excluding carboxylic acids is 1. The number of carbonyl (C=O) groups is 1.